The molecule has 9 rings (SSSR count). The van der Waals surface area contributed by atoms with Gasteiger partial charge in [0, 0.05) is 27.3 Å². The molecule has 6 aromatic carbocycles. The Labute approximate surface area is 268 Å². The number of furan rings is 1. The van der Waals surface area contributed by atoms with Crippen LogP contribution in [-0.2, 0) is 5.41 Å². The van der Waals surface area contributed by atoms with Crippen LogP contribution in [0.2, 0.25) is 0 Å². The summed E-state index contributed by atoms with van der Waals surface area (Å²) in [6.45, 7) is 4.69. The fourth-order valence-electron chi connectivity index (χ4n) is 7.38. The molecule has 0 spiro atoms. The van der Waals surface area contributed by atoms with E-state index in [2.05, 4.69) is 147 Å². The Morgan fingerprint density at radius 2 is 1.04 bits per heavy atom. The largest absolute Gasteiger partial charge is 0.456 e. The molecule has 218 valence electrons. The maximum atomic E-state index is 6.27. The van der Waals surface area contributed by atoms with E-state index in [-0.39, 0.29) is 5.41 Å². The number of pyridine rings is 1. The molecule has 0 saturated heterocycles. The average molecular weight is 590 g/mol. The fraction of sp³-hybridized carbons (Fsp3) is 0.0682. The van der Waals surface area contributed by atoms with E-state index in [1.165, 1.54) is 49.7 Å². The molecular formula is C44H31NO. The number of aromatic nitrogens is 1. The Bertz CT molecular complexity index is 2360. The van der Waals surface area contributed by atoms with Crippen molar-refractivity contribution >= 4 is 21.9 Å². The van der Waals surface area contributed by atoms with Gasteiger partial charge >= 0.3 is 0 Å². The molecule has 1 aliphatic rings. The van der Waals surface area contributed by atoms with Gasteiger partial charge in [0.25, 0.3) is 0 Å². The zero-order valence-corrected chi connectivity index (χ0v) is 25.8. The van der Waals surface area contributed by atoms with E-state index in [1.54, 1.807) is 0 Å². The van der Waals surface area contributed by atoms with Gasteiger partial charge in [0.05, 0.1) is 11.4 Å². The highest BCUT2D eigenvalue weighted by atomic mass is 16.3. The van der Waals surface area contributed by atoms with Crippen LogP contribution in [0.15, 0.2) is 156 Å². The Balaban J connectivity index is 1.12. The summed E-state index contributed by atoms with van der Waals surface area (Å²) in [5.41, 5.74) is 16.0. The highest BCUT2D eigenvalue weighted by Gasteiger charge is 2.38. The first-order chi connectivity index (χ1) is 22.5. The van der Waals surface area contributed by atoms with Crippen LogP contribution in [0.1, 0.15) is 25.0 Å². The van der Waals surface area contributed by atoms with Gasteiger partial charge in [0.15, 0.2) is 0 Å². The van der Waals surface area contributed by atoms with Crippen LogP contribution in [0.5, 0.6) is 0 Å². The number of fused-ring (bicyclic) bond motifs is 7. The molecule has 0 unspecified atom stereocenters. The van der Waals surface area contributed by atoms with Crippen molar-refractivity contribution in [3.63, 3.8) is 0 Å². The summed E-state index contributed by atoms with van der Waals surface area (Å²) >= 11 is 0. The monoisotopic (exact) mass is 589 g/mol. The van der Waals surface area contributed by atoms with Gasteiger partial charge < -0.3 is 4.42 Å². The van der Waals surface area contributed by atoms with Gasteiger partial charge in [-0.1, -0.05) is 135 Å². The van der Waals surface area contributed by atoms with Crippen LogP contribution in [-0.4, -0.2) is 4.98 Å². The van der Waals surface area contributed by atoms with Gasteiger partial charge in [-0.15, -0.1) is 0 Å². The van der Waals surface area contributed by atoms with Crippen molar-refractivity contribution in [1.29, 1.82) is 0 Å². The van der Waals surface area contributed by atoms with E-state index in [0.29, 0.717) is 0 Å². The third-order valence-corrected chi connectivity index (χ3v) is 9.67. The minimum absolute atomic E-state index is 0.131. The van der Waals surface area contributed by atoms with Crippen molar-refractivity contribution < 1.29 is 4.42 Å². The minimum Gasteiger partial charge on any atom is -0.456 e. The van der Waals surface area contributed by atoms with Gasteiger partial charge in [-0.2, -0.15) is 0 Å². The summed E-state index contributed by atoms with van der Waals surface area (Å²) < 4.78 is 6.27. The van der Waals surface area contributed by atoms with E-state index < -0.39 is 0 Å². The molecule has 0 saturated carbocycles. The highest BCUT2D eigenvalue weighted by molar-refractivity contribution is 6.11. The Hall–Kier alpha value is -5.73. The van der Waals surface area contributed by atoms with E-state index in [0.717, 1.165) is 39.2 Å². The van der Waals surface area contributed by atoms with Crippen LogP contribution in [0.4, 0.5) is 0 Å². The zero-order valence-electron chi connectivity index (χ0n) is 25.8. The van der Waals surface area contributed by atoms with Crippen molar-refractivity contribution in [1.82, 2.24) is 4.98 Å². The zero-order chi connectivity index (χ0) is 30.8. The second kappa shape index (κ2) is 10.2. The van der Waals surface area contributed by atoms with Gasteiger partial charge in [0.1, 0.15) is 11.2 Å². The molecule has 0 N–H and O–H groups in total. The molecule has 8 aromatic rings. The van der Waals surface area contributed by atoms with Gasteiger partial charge in [-0.3, -0.25) is 0 Å². The predicted octanol–water partition coefficient (Wildman–Crippen LogP) is 12.0. The van der Waals surface area contributed by atoms with Crippen molar-refractivity contribution in [2.75, 3.05) is 0 Å². The van der Waals surface area contributed by atoms with Crippen molar-refractivity contribution in [2.45, 2.75) is 19.3 Å². The summed E-state index contributed by atoms with van der Waals surface area (Å²) in [5.74, 6) is 0. The number of hydrogen-bond donors (Lipinski definition) is 0. The van der Waals surface area contributed by atoms with E-state index in [1.807, 2.05) is 18.2 Å². The van der Waals surface area contributed by atoms with E-state index in [4.69, 9.17) is 9.40 Å². The first-order valence-corrected chi connectivity index (χ1v) is 15.9. The van der Waals surface area contributed by atoms with Gasteiger partial charge in [-0.25, -0.2) is 4.98 Å². The Morgan fingerprint density at radius 3 is 1.72 bits per heavy atom. The lowest BCUT2D eigenvalue weighted by Gasteiger charge is -2.22. The molecule has 2 nitrogen and oxygen atoms in total. The second-order valence-electron chi connectivity index (χ2n) is 12.8. The molecule has 46 heavy (non-hydrogen) atoms. The van der Waals surface area contributed by atoms with Gasteiger partial charge in [-0.05, 0) is 74.8 Å². The maximum absolute atomic E-state index is 6.27. The van der Waals surface area contributed by atoms with Gasteiger partial charge in [0.2, 0.25) is 0 Å². The maximum Gasteiger partial charge on any atom is 0.135 e. The third-order valence-electron chi connectivity index (χ3n) is 9.67. The fourth-order valence-corrected chi connectivity index (χ4v) is 7.38. The first kappa shape index (κ1) is 26.7. The summed E-state index contributed by atoms with van der Waals surface area (Å²) in [7, 11) is 0. The molecule has 2 aromatic heterocycles. The average Bonchev–Trinajstić information content (AvgIpc) is 3.60. The first-order valence-electron chi connectivity index (χ1n) is 15.9. The van der Waals surface area contributed by atoms with E-state index in [9.17, 15) is 0 Å². The molecule has 0 bridgehead atoms. The number of benzene rings is 6. The lowest BCUT2D eigenvalue weighted by molar-refractivity contribution is 0.657. The van der Waals surface area contributed by atoms with E-state index >= 15 is 0 Å². The molecule has 0 fully saturated rings. The molecule has 0 aliphatic heterocycles. The summed E-state index contributed by atoms with van der Waals surface area (Å²) in [6.07, 6.45) is 0. The summed E-state index contributed by atoms with van der Waals surface area (Å²) in [4.78, 5) is 5.05. The number of para-hydroxylation sites is 1. The third kappa shape index (κ3) is 4.14. The number of nitrogens with zero attached hydrogens (tertiary/aromatic N) is 1. The quantitative estimate of drug-likeness (QED) is 0.204. The molecule has 0 radical (unpaired) electrons. The molecule has 1 aliphatic carbocycles. The normalized spacial score (nSPS) is 13.2. The molecule has 0 amide bonds. The highest BCUT2D eigenvalue weighted by Crippen LogP contribution is 2.53. The lowest BCUT2D eigenvalue weighted by atomic mass is 9.80. The summed E-state index contributed by atoms with van der Waals surface area (Å²) in [5, 5.41) is 2.43. The Kier molecular flexibility index (Phi) is 5.88. The lowest BCUT2D eigenvalue weighted by Crippen LogP contribution is -2.15. The van der Waals surface area contributed by atoms with Crippen molar-refractivity contribution in [3.8, 4) is 55.9 Å². The number of rotatable bonds is 4. The van der Waals surface area contributed by atoms with Crippen LogP contribution in [0.3, 0.4) is 0 Å². The molecular weight excluding hydrogens is 558 g/mol. The standard InChI is InChI=1S/C44H31NO/c1-44(2)37-23-21-32(25-36(37)34-22-24-41-42(43(34)44)35-15-9-10-16-40(35)46-41)28-17-19-29(20-18-28)33-26-38(30-11-5-3-6-12-30)45-39(27-33)31-13-7-4-8-14-31/h3-27H,1-2H3. The van der Waals surface area contributed by atoms with Crippen molar-refractivity contribution in [2.24, 2.45) is 0 Å². The number of hydrogen-bond acceptors (Lipinski definition) is 2. The topological polar surface area (TPSA) is 26.0 Å². The van der Waals surface area contributed by atoms with Crippen LogP contribution >= 0.6 is 0 Å². The van der Waals surface area contributed by atoms with Crippen molar-refractivity contribution in [3.05, 3.63) is 163 Å². The Morgan fingerprint density at radius 1 is 0.457 bits per heavy atom. The second-order valence-corrected chi connectivity index (χ2v) is 12.8. The molecule has 2 heterocycles. The SMILES string of the molecule is CC1(C)c2ccc(-c3ccc(-c4cc(-c5ccccc5)nc(-c5ccccc5)c4)cc3)cc2-c2ccc3oc4ccccc4c3c21. The molecule has 2 heteroatoms. The van der Waals surface area contributed by atoms with Crippen LogP contribution < -0.4 is 0 Å². The smallest absolute Gasteiger partial charge is 0.135 e. The molecule has 0 atom stereocenters. The predicted molar refractivity (Wildman–Crippen MR) is 191 cm³/mol. The minimum atomic E-state index is -0.131. The van der Waals surface area contributed by atoms with Crippen LogP contribution in [0, 0.1) is 0 Å². The summed E-state index contributed by atoms with van der Waals surface area (Å²) in [6, 6.07) is 54.0. The van der Waals surface area contributed by atoms with Crippen LogP contribution in [0.25, 0.3) is 77.8 Å².